The van der Waals surface area contributed by atoms with Crippen molar-refractivity contribution < 1.29 is 229 Å². The van der Waals surface area contributed by atoms with Crippen molar-refractivity contribution >= 4 is 0 Å². The van der Waals surface area contributed by atoms with E-state index >= 15 is 0 Å². The topological polar surface area (TPSA) is 0 Å². The summed E-state index contributed by atoms with van der Waals surface area (Å²) in [7, 11) is 0. The second kappa shape index (κ2) is 38.3. The predicted octanol–water partition coefficient (Wildman–Crippen LogP) is 19.9. The van der Waals surface area contributed by atoms with Gasteiger partial charge >= 0.3 is 0 Å². The van der Waals surface area contributed by atoms with Gasteiger partial charge < -0.3 is 0 Å². The van der Waals surface area contributed by atoms with Gasteiger partial charge in [-0.2, -0.15) is 121 Å². The van der Waals surface area contributed by atoms with Gasteiger partial charge in [-0.3, -0.25) is 22.0 Å². The van der Waals surface area contributed by atoms with Gasteiger partial charge in [0, 0.05) is 193 Å². The van der Waals surface area contributed by atoms with Crippen molar-refractivity contribution in [1.82, 2.24) is 0 Å². The minimum Gasteiger partial charge on any atom is -0.262 e. The van der Waals surface area contributed by atoms with E-state index < -0.39 is 87.3 Å². The second-order valence-electron chi connectivity index (χ2n) is 19.3. The van der Waals surface area contributed by atoms with Crippen molar-refractivity contribution in [3.8, 4) is 55.6 Å². The molecule has 455 valence electrons. The van der Waals surface area contributed by atoms with Crippen LogP contribution < -0.4 is 0 Å². The molecule has 0 N–H and O–H groups in total. The third-order valence-corrected chi connectivity index (χ3v) is 12.6. The van der Waals surface area contributed by atoms with Gasteiger partial charge in [0.25, 0.3) is 0 Å². The monoisotopic (exact) mass is 1610 g/mol. The van der Waals surface area contributed by atoms with Gasteiger partial charge in [0.1, 0.15) is 0 Å². The van der Waals surface area contributed by atoms with Crippen LogP contribution in [-0.4, -0.2) is 0 Å². The van der Waals surface area contributed by atoms with E-state index in [-0.39, 0.29) is 191 Å². The molecule has 0 fully saturated rings. The zero-order valence-corrected chi connectivity index (χ0v) is 63.9. The van der Waals surface area contributed by atoms with E-state index in [1.54, 1.807) is 95.3 Å². The second-order valence-corrected chi connectivity index (χ2v) is 19.3. The fourth-order valence-corrected chi connectivity index (χ4v) is 7.52. The molecule has 90 heavy (non-hydrogen) atoms. The summed E-state index contributed by atoms with van der Waals surface area (Å²) in [4.78, 5) is 0. The molecule has 0 aliphatic carbocycles. The minimum atomic E-state index is -1.06. The summed E-state index contributed by atoms with van der Waals surface area (Å²) in [5.74, 6) is -12.5. The van der Waals surface area contributed by atoms with Crippen LogP contribution in [-0.2, 0) is 164 Å². The first-order chi connectivity index (χ1) is 39.9. The van der Waals surface area contributed by atoms with Gasteiger partial charge in [-0.05, 0) is 0 Å². The Balaban J connectivity index is 0.000000555. The number of benzene rings is 10. The van der Waals surface area contributed by atoms with Crippen LogP contribution in [0.5, 0.6) is 0 Å². The number of hydrogen-bond donors (Lipinski definition) is 0. The normalized spacial score (nSPS) is 10.1. The molecule has 5 radical (unpaired) electrons. The first kappa shape index (κ1) is 84.7. The minimum absolute atomic E-state index is 0. The molecule has 0 aliphatic heterocycles. The van der Waals surface area contributed by atoms with Crippen molar-refractivity contribution in [2.45, 2.75) is 69.2 Å². The van der Waals surface area contributed by atoms with Crippen LogP contribution in [0.3, 0.4) is 0 Å². The Labute approximate surface area is 640 Å². The van der Waals surface area contributed by atoms with Gasteiger partial charge in [-0.15, -0.1) is 58.1 Å². The quantitative estimate of drug-likeness (QED) is 0.119. The molecule has 0 amide bonds. The van der Waals surface area contributed by atoms with E-state index in [9.17, 15) is 65.9 Å². The van der Waals surface area contributed by atoms with Crippen LogP contribution >= 0.6 is 0 Å². The van der Waals surface area contributed by atoms with Crippen molar-refractivity contribution in [2.75, 3.05) is 0 Å². The predicted molar refractivity (Wildman–Crippen MR) is 294 cm³/mol. The molecule has 0 aliphatic rings. The third-order valence-electron chi connectivity index (χ3n) is 12.6. The maximum atomic E-state index is 13.3. The van der Waals surface area contributed by atoms with Crippen molar-refractivity contribution in [3.05, 3.63) is 295 Å². The Hall–Kier alpha value is -3.33. The van der Waals surface area contributed by atoms with Crippen LogP contribution in [0.25, 0.3) is 55.6 Å². The van der Waals surface area contributed by atoms with Crippen molar-refractivity contribution in [1.29, 1.82) is 0 Å². The van der Waals surface area contributed by atoms with Gasteiger partial charge in [0.15, 0.2) is 0 Å². The van der Waals surface area contributed by atoms with E-state index in [2.05, 4.69) is 60.7 Å². The molecule has 10 rings (SSSR count). The van der Waals surface area contributed by atoms with Crippen LogP contribution in [0.4, 0.5) is 65.9 Å². The van der Waals surface area contributed by atoms with Gasteiger partial charge in [-0.25, -0.2) is 99.5 Å². The Morgan fingerprint density at radius 1 is 0.167 bits per heavy atom. The number of hydrogen-bond acceptors (Lipinski definition) is 0. The smallest absolute Gasteiger partial charge is 0.0742 e. The molecular formula is C70H45F15Y5-10. The molecule has 20 heteroatoms. The Kier molecular flexibility index (Phi) is 36.0. The largest absolute Gasteiger partial charge is 0.262 e. The summed E-state index contributed by atoms with van der Waals surface area (Å²) >= 11 is 0. The summed E-state index contributed by atoms with van der Waals surface area (Å²) in [6.07, 6.45) is 0. The fourth-order valence-electron chi connectivity index (χ4n) is 7.52. The summed E-state index contributed by atoms with van der Waals surface area (Å²) in [6.45, 7) is 15.3. The molecule has 0 saturated carbocycles. The molecule has 10 aromatic rings. The number of rotatable bonds is 5. The molecule has 0 atom stereocenters. The van der Waals surface area contributed by atoms with Gasteiger partial charge in [0.05, 0.1) is 58.2 Å². The molecule has 10 aromatic carbocycles. The molecule has 0 aromatic heterocycles. The summed E-state index contributed by atoms with van der Waals surface area (Å²) in [5, 5.41) is 0. The molecular weight excluding hydrogens is 1570 g/mol. The molecule has 0 unspecified atom stereocenters. The Bertz CT molecular complexity index is 3390. The SMILES string of the molecule is Cc1ccc(-c2[c-]c(F)c(F)c(C)c2)[c-]c1F.Cc1ccc(-c2[c-]c(F)c(F)c(C)c2)[c-]c1F.Cc1ccc(-c2[c-]c(F)c(F)c(C)c2)[c-]c1F.Cc1ccc(-c2[c-]c(F)c(F)c(C)c2)[c-]c1F.Cc1ccc(-c2[c-]c(F)c(F)c(C)c2)[c-]c1F.[Y].[Y].[Y].[Y].[Y]. The molecule has 0 bridgehead atoms. The first-order valence-electron chi connectivity index (χ1n) is 25.3. The van der Waals surface area contributed by atoms with Crippen LogP contribution in [0.15, 0.2) is 91.0 Å². The number of aryl methyl sites for hydroxylation is 10. The average Bonchev–Trinajstić information content (AvgIpc) is 1.25. The molecule has 0 spiro atoms. The Morgan fingerprint density at radius 3 is 0.400 bits per heavy atom. The van der Waals surface area contributed by atoms with E-state index in [1.165, 1.54) is 65.0 Å². The molecule has 0 saturated heterocycles. The summed E-state index contributed by atoms with van der Waals surface area (Å²) < 4.78 is 198. The van der Waals surface area contributed by atoms with Crippen LogP contribution in [0, 0.1) is 217 Å². The van der Waals surface area contributed by atoms with Crippen molar-refractivity contribution in [2.24, 2.45) is 0 Å². The average molecular weight is 1620 g/mol. The summed E-state index contributed by atoms with van der Waals surface area (Å²) in [5.41, 5.74) is 6.29. The van der Waals surface area contributed by atoms with Crippen LogP contribution in [0.2, 0.25) is 0 Å². The third kappa shape index (κ3) is 22.7. The molecule has 0 nitrogen and oxygen atoms in total. The van der Waals surface area contributed by atoms with Gasteiger partial charge in [-0.1, -0.05) is 97.1 Å². The first-order valence-corrected chi connectivity index (χ1v) is 25.3. The number of halogens is 15. The van der Waals surface area contributed by atoms with E-state index in [0.717, 1.165) is 0 Å². The Morgan fingerprint density at radius 2 is 0.289 bits per heavy atom. The maximum Gasteiger partial charge on any atom is 0.0742 e. The standard InChI is InChI=1S/5C14H9F3.5Y/c5*1-8-3-4-10(6-12(8)15)11-5-9(2)14(17)13(16)7-11;;;;;/h5*3-5H,1-2H3;;;;;/q5*-2;;;;;. The fraction of sp³-hybridized carbons (Fsp3) is 0.143. The summed E-state index contributed by atoms with van der Waals surface area (Å²) in [6, 6.07) is 46.5. The van der Waals surface area contributed by atoms with E-state index in [0.29, 0.717) is 83.5 Å². The molecule has 0 heterocycles. The van der Waals surface area contributed by atoms with Gasteiger partial charge in [0.2, 0.25) is 0 Å². The van der Waals surface area contributed by atoms with Crippen LogP contribution in [0.1, 0.15) is 55.6 Å². The maximum absolute atomic E-state index is 13.3. The zero-order chi connectivity index (χ0) is 62.9. The zero-order valence-electron chi connectivity index (χ0n) is 49.7. The van der Waals surface area contributed by atoms with E-state index in [1.807, 2.05) is 0 Å². The van der Waals surface area contributed by atoms with Crippen molar-refractivity contribution in [3.63, 3.8) is 0 Å². The van der Waals surface area contributed by atoms with E-state index in [4.69, 9.17) is 0 Å².